The number of nitrogens with one attached hydrogen (secondary N) is 2. The summed E-state index contributed by atoms with van der Waals surface area (Å²) in [4.78, 5) is 4.37. The molecule has 1 aliphatic heterocycles. The molecule has 0 saturated heterocycles. The van der Waals surface area contributed by atoms with Crippen molar-refractivity contribution < 1.29 is 0 Å². The van der Waals surface area contributed by atoms with E-state index >= 15 is 0 Å². The van der Waals surface area contributed by atoms with Crippen molar-refractivity contribution in [3.63, 3.8) is 0 Å². The minimum Gasteiger partial charge on any atom is -0.385 e. The minimum atomic E-state index is 0.879. The van der Waals surface area contributed by atoms with Crippen molar-refractivity contribution in [1.82, 2.24) is 4.98 Å². The standard InChI is InChI=1S/C15H16BrN3/c1-10-7-15(18-9-13(10)16)19-12-4-5-14-11(8-12)3-2-6-17-14/h4-5,7-9,17H,2-3,6H2,1H3,(H,18,19). The summed E-state index contributed by atoms with van der Waals surface area (Å²) in [6.07, 6.45) is 4.17. The number of aryl methyl sites for hydroxylation is 2. The molecule has 0 bridgehead atoms. The number of nitrogens with zero attached hydrogens (tertiary/aromatic N) is 1. The van der Waals surface area contributed by atoms with Crippen molar-refractivity contribution in [1.29, 1.82) is 0 Å². The Kier molecular flexibility index (Phi) is 3.42. The molecule has 0 spiro atoms. The number of hydrogen-bond acceptors (Lipinski definition) is 3. The molecule has 0 atom stereocenters. The molecule has 2 aromatic rings. The average Bonchev–Trinajstić information content (AvgIpc) is 2.43. The number of aromatic nitrogens is 1. The largest absolute Gasteiger partial charge is 0.385 e. The van der Waals surface area contributed by atoms with E-state index in [1.54, 1.807) is 0 Å². The zero-order valence-electron chi connectivity index (χ0n) is 10.8. The fourth-order valence-electron chi connectivity index (χ4n) is 2.31. The summed E-state index contributed by atoms with van der Waals surface area (Å²) in [5, 5.41) is 6.78. The number of anilines is 3. The van der Waals surface area contributed by atoms with Crippen LogP contribution < -0.4 is 10.6 Å². The molecule has 1 aromatic carbocycles. The first-order valence-electron chi connectivity index (χ1n) is 6.48. The molecule has 0 unspecified atom stereocenters. The predicted octanol–water partition coefficient (Wildman–Crippen LogP) is 4.25. The van der Waals surface area contributed by atoms with Crippen molar-refractivity contribution in [2.45, 2.75) is 19.8 Å². The van der Waals surface area contributed by atoms with E-state index in [1.165, 1.54) is 23.2 Å². The lowest BCUT2D eigenvalue weighted by Gasteiger charge is -2.19. The maximum atomic E-state index is 4.37. The summed E-state index contributed by atoms with van der Waals surface area (Å²) in [6.45, 7) is 3.14. The molecule has 2 N–H and O–H groups in total. The van der Waals surface area contributed by atoms with Gasteiger partial charge in [-0.3, -0.25) is 0 Å². The summed E-state index contributed by atoms with van der Waals surface area (Å²) >= 11 is 3.47. The first-order chi connectivity index (χ1) is 9.22. The maximum absolute atomic E-state index is 4.37. The Hall–Kier alpha value is -1.55. The fraction of sp³-hybridized carbons (Fsp3) is 0.267. The van der Waals surface area contributed by atoms with Crippen LogP contribution in [-0.4, -0.2) is 11.5 Å². The van der Waals surface area contributed by atoms with Crippen LogP contribution >= 0.6 is 15.9 Å². The van der Waals surface area contributed by atoms with Crippen molar-refractivity contribution in [3.05, 3.63) is 46.1 Å². The summed E-state index contributed by atoms with van der Waals surface area (Å²) in [5.41, 5.74) is 4.91. The molecule has 0 radical (unpaired) electrons. The summed E-state index contributed by atoms with van der Waals surface area (Å²) in [6, 6.07) is 8.49. The van der Waals surface area contributed by atoms with Crippen LogP contribution in [0.5, 0.6) is 0 Å². The SMILES string of the molecule is Cc1cc(Nc2ccc3c(c2)CCCN3)ncc1Br. The number of rotatable bonds is 2. The molecule has 3 rings (SSSR count). The Bertz CT molecular complexity index is 610. The van der Waals surface area contributed by atoms with Crippen LogP contribution in [0, 0.1) is 6.92 Å². The molecule has 2 heterocycles. The molecule has 3 nitrogen and oxygen atoms in total. The number of fused-ring (bicyclic) bond motifs is 1. The smallest absolute Gasteiger partial charge is 0.130 e. The molecule has 19 heavy (non-hydrogen) atoms. The number of pyridine rings is 1. The number of benzene rings is 1. The Morgan fingerprint density at radius 3 is 3.05 bits per heavy atom. The third-order valence-electron chi connectivity index (χ3n) is 3.36. The lowest BCUT2D eigenvalue weighted by molar-refractivity contribution is 0.830. The fourth-order valence-corrected chi connectivity index (χ4v) is 2.53. The molecule has 98 valence electrons. The van der Waals surface area contributed by atoms with Gasteiger partial charge in [0.2, 0.25) is 0 Å². The molecule has 4 heteroatoms. The lowest BCUT2D eigenvalue weighted by atomic mass is 10.0. The zero-order valence-corrected chi connectivity index (χ0v) is 12.4. The van der Waals surface area contributed by atoms with Crippen molar-refractivity contribution >= 4 is 33.1 Å². The summed E-state index contributed by atoms with van der Waals surface area (Å²) in [5.74, 6) is 0.879. The third-order valence-corrected chi connectivity index (χ3v) is 4.19. The van der Waals surface area contributed by atoms with E-state index in [4.69, 9.17) is 0 Å². The quantitative estimate of drug-likeness (QED) is 0.869. The van der Waals surface area contributed by atoms with Crippen LogP contribution in [0.2, 0.25) is 0 Å². The van der Waals surface area contributed by atoms with Gasteiger partial charge in [0, 0.05) is 28.6 Å². The number of halogens is 1. The van der Waals surface area contributed by atoms with Gasteiger partial charge in [0.15, 0.2) is 0 Å². The number of hydrogen-bond donors (Lipinski definition) is 2. The summed E-state index contributed by atoms with van der Waals surface area (Å²) in [7, 11) is 0. The highest BCUT2D eigenvalue weighted by atomic mass is 79.9. The first-order valence-corrected chi connectivity index (χ1v) is 7.27. The van der Waals surface area contributed by atoms with Crippen LogP contribution in [0.15, 0.2) is 34.9 Å². The van der Waals surface area contributed by atoms with Crippen LogP contribution in [0.4, 0.5) is 17.2 Å². The molecule has 0 aliphatic carbocycles. The molecule has 1 aromatic heterocycles. The molecule has 0 fully saturated rings. The average molecular weight is 318 g/mol. The van der Waals surface area contributed by atoms with Crippen LogP contribution in [0.25, 0.3) is 0 Å². The van der Waals surface area contributed by atoms with E-state index in [-0.39, 0.29) is 0 Å². The summed E-state index contributed by atoms with van der Waals surface area (Å²) < 4.78 is 1.03. The second kappa shape index (κ2) is 5.21. The Morgan fingerprint density at radius 1 is 1.32 bits per heavy atom. The van der Waals surface area contributed by atoms with Gasteiger partial charge in [0.25, 0.3) is 0 Å². The Labute approximate surface area is 121 Å². The van der Waals surface area contributed by atoms with E-state index in [9.17, 15) is 0 Å². The Morgan fingerprint density at radius 2 is 2.21 bits per heavy atom. The normalized spacial score (nSPS) is 13.6. The Balaban J connectivity index is 1.84. The molecule has 0 amide bonds. The van der Waals surface area contributed by atoms with E-state index in [2.05, 4.69) is 56.7 Å². The topological polar surface area (TPSA) is 37.0 Å². The van der Waals surface area contributed by atoms with Crippen molar-refractivity contribution in [2.75, 3.05) is 17.2 Å². The second-order valence-electron chi connectivity index (χ2n) is 4.85. The van der Waals surface area contributed by atoms with Gasteiger partial charge in [-0.2, -0.15) is 0 Å². The van der Waals surface area contributed by atoms with Crippen LogP contribution in [-0.2, 0) is 6.42 Å². The highest BCUT2D eigenvalue weighted by Gasteiger charge is 2.09. The van der Waals surface area contributed by atoms with Gasteiger partial charge >= 0.3 is 0 Å². The molecule has 0 saturated carbocycles. The van der Waals surface area contributed by atoms with Gasteiger partial charge in [-0.05, 0) is 71.1 Å². The zero-order chi connectivity index (χ0) is 13.2. The lowest BCUT2D eigenvalue weighted by Crippen LogP contribution is -2.11. The second-order valence-corrected chi connectivity index (χ2v) is 5.70. The van der Waals surface area contributed by atoms with Gasteiger partial charge in [-0.1, -0.05) is 0 Å². The van der Waals surface area contributed by atoms with E-state index in [0.717, 1.165) is 28.9 Å². The highest BCUT2D eigenvalue weighted by Crippen LogP contribution is 2.27. The highest BCUT2D eigenvalue weighted by molar-refractivity contribution is 9.10. The van der Waals surface area contributed by atoms with Crippen molar-refractivity contribution in [2.24, 2.45) is 0 Å². The monoisotopic (exact) mass is 317 g/mol. The molecular formula is C15H16BrN3. The van der Waals surface area contributed by atoms with E-state index in [1.807, 2.05) is 12.3 Å². The molecular weight excluding hydrogens is 302 g/mol. The van der Waals surface area contributed by atoms with Gasteiger partial charge in [0.1, 0.15) is 5.82 Å². The predicted molar refractivity (Wildman–Crippen MR) is 83.2 cm³/mol. The van der Waals surface area contributed by atoms with Crippen molar-refractivity contribution in [3.8, 4) is 0 Å². The van der Waals surface area contributed by atoms with E-state index < -0.39 is 0 Å². The van der Waals surface area contributed by atoms with Crippen LogP contribution in [0.3, 0.4) is 0 Å². The van der Waals surface area contributed by atoms with Gasteiger partial charge in [-0.25, -0.2) is 4.98 Å². The molecule has 1 aliphatic rings. The first kappa shape index (κ1) is 12.5. The maximum Gasteiger partial charge on any atom is 0.130 e. The van der Waals surface area contributed by atoms with Crippen LogP contribution in [0.1, 0.15) is 17.5 Å². The van der Waals surface area contributed by atoms with E-state index in [0.29, 0.717) is 0 Å². The minimum absolute atomic E-state index is 0.879. The van der Waals surface area contributed by atoms with Gasteiger partial charge in [0.05, 0.1) is 0 Å². The third kappa shape index (κ3) is 2.73. The van der Waals surface area contributed by atoms with Gasteiger partial charge in [-0.15, -0.1) is 0 Å². The van der Waals surface area contributed by atoms with Gasteiger partial charge < -0.3 is 10.6 Å².